The number of nitrogens with zero attached hydrogens (tertiary/aromatic N) is 5. The smallest absolute Gasteiger partial charge is 0.290 e. The molecule has 2 aromatic heterocycles. The van der Waals surface area contributed by atoms with E-state index >= 15 is 0 Å². The number of amides is 2. The molecule has 180 valence electrons. The summed E-state index contributed by atoms with van der Waals surface area (Å²) in [7, 11) is 1.50. The second-order valence-electron chi connectivity index (χ2n) is 8.46. The molecular formula is C24H25N7O4. The molecule has 2 amide bonds. The first-order chi connectivity index (χ1) is 17.0. The molecule has 2 N–H and O–H groups in total. The first kappa shape index (κ1) is 22.5. The van der Waals surface area contributed by atoms with E-state index in [1.807, 2.05) is 18.2 Å². The van der Waals surface area contributed by atoms with Gasteiger partial charge in [-0.05, 0) is 19.1 Å². The van der Waals surface area contributed by atoms with Gasteiger partial charge in [0.15, 0.2) is 0 Å². The van der Waals surface area contributed by atoms with Crippen molar-refractivity contribution in [3.63, 3.8) is 0 Å². The fourth-order valence-electron chi connectivity index (χ4n) is 4.52. The summed E-state index contributed by atoms with van der Waals surface area (Å²) in [5.74, 6) is -0.440. The van der Waals surface area contributed by atoms with Gasteiger partial charge in [0.2, 0.25) is 11.6 Å². The third-order valence-corrected chi connectivity index (χ3v) is 6.34. The van der Waals surface area contributed by atoms with E-state index in [1.165, 1.54) is 18.2 Å². The zero-order valence-electron chi connectivity index (χ0n) is 19.4. The fraction of sp³-hybridized carbons (Fsp3) is 0.333. The molecule has 1 unspecified atom stereocenters. The summed E-state index contributed by atoms with van der Waals surface area (Å²) in [6.07, 6.45) is 1.52. The lowest BCUT2D eigenvalue weighted by atomic mass is 9.95. The first-order valence-electron chi connectivity index (χ1n) is 11.4. The zero-order chi connectivity index (χ0) is 24.5. The maximum atomic E-state index is 13.3. The van der Waals surface area contributed by atoms with Crippen molar-refractivity contribution in [2.45, 2.75) is 12.8 Å². The van der Waals surface area contributed by atoms with Crippen molar-refractivity contribution in [1.82, 2.24) is 30.0 Å². The van der Waals surface area contributed by atoms with Crippen molar-refractivity contribution < 1.29 is 19.1 Å². The molecule has 11 nitrogen and oxygen atoms in total. The van der Waals surface area contributed by atoms with Crippen molar-refractivity contribution in [1.29, 1.82) is 0 Å². The van der Waals surface area contributed by atoms with E-state index in [0.29, 0.717) is 66.1 Å². The minimum atomic E-state index is -0.724. The molecule has 4 heterocycles. The Morgan fingerprint density at radius 2 is 1.77 bits per heavy atom. The average molecular weight is 476 g/mol. The molecule has 5 rings (SSSR count). The van der Waals surface area contributed by atoms with Gasteiger partial charge in [-0.1, -0.05) is 18.2 Å². The van der Waals surface area contributed by atoms with Crippen molar-refractivity contribution in [2.24, 2.45) is 0 Å². The Morgan fingerprint density at radius 1 is 1.06 bits per heavy atom. The van der Waals surface area contributed by atoms with Crippen LogP contribution in [0.1, 0.15) is 27.7 Å². The van der Waals surface area contributed by atoms with Crippen LogP contribution in [0.5, 0.6) is 5.75 Å². The Labute approximate surface area is 201 Å². The number of anilines is 1. The normalized spacial score (nSPS) is 17.0. The number of fused-ring (bicyclic) bond motifs is 1. The molecule has 0 bridgehead atoms. The van der Waals surface area contributed by atoms with Crippen LogP contribution in [-0.2, 0) is 9.59 Å². The van der Waals surface area contributed by atoms with Gasteiger partial charge in [0.05, 0.1) is 24.9 Å². The lowest BCUT2D eigenvalue weighted by Crippen LogP contribution is -2.52. The molecular weight excluding hydrogens is 450 g/mol. The second kappa shape index (κ2) is 9.16. The van der Waals surface area contributed by atoms with Gasteiger partial charge in [-0.3, -0.25) is 19.5 Å². The maximum absolute atomic E-state index is 13.3. The maximum Gasteiger partial charge on any atom is 0.290 e. The Hall–Kier alpha value is -4.28. The molecule has 0 saturated carbocycles. The number of hydrogen-bond acceptors (Lipinski definition) is 8. The molecule has 2 aliphatic heterocycles. The van der Waals surface area contributed by atoms with Gasteiger partial charge in [-0.2, -0.15) is 5.10 Å². The largest absolute Gasteiger partial charge is 0.495 e. The topological polar surface area (TPSA) is 133 Å². The Balaban J connectivity index is 1.32. The number of H-pyrrole nitrogens is 1. The van der Waals surface area contributed by atoms with Gasteiger partial charge in [0.1, 0.15) is 17.3 Å². The highest BCUT2D eigenvalue weighted by atomic mass is 16.5. The minimum Gasteiger partial charge on any atom is -0.495 e. The van der Waals surface area contributed by atoms with E-state index in [4.69, 9.17) is 4.74 Å². The number of aromatic amines is 1. The summed E-state index contributed by atoms with van der Waals surface area (Å²) in [4.78, 5) is 51.2. The number of ketones is 1. The van der Waals surface area contributed by atoms with Crippen molar-refractivity contribution in [3.8, 4) is 17.3 Å². The molecule has 0 radical (unpaired) electrons. The summed E-state index contributed by atoms with van der Waals surface area (Å²) in [5.41, 5.74) is 2.26. The van der Waals surface area contributed by atoms with Crippen LogP contribution in [0.25, 0.3) is 11.5 Å². The third kappa shape index (κ3) is 4.09. The number of ether oxygens (including phenoxy) is 1. The lowest BCUT2D eigenvalue weighted by molar-refractivity contribution is -0.146. The van der Waals surface area contributed by atoms with Crippen LogP contribution < -0.4 is 10.1 Å². The number of methoxy groups -OCH3 is 1. The summed E-state index contributed by atoms with van der Waals surface area (Å²) >= 11 is 0. The molecule has 1 saturated heterocycles. The number of aryl methyl sites for hydroxylation is 1. The Kier molecular flexibility index (Phi) is 5.89. The van der Waals surface area contributed by atoms with Gasteiger partial charge in [-0.25, -0.2) is 9.97 Å². The van der Waals surface area contributed by atoms with Crippen LogP contribution in [0.2, 0.25) is 0 Å². The SMILES string of the molecule is COc1cnc(-c2n[nH]c(C)n2)c2c1C(C(=O)C(=O)N1CCN(C(=O)c3ccccc3)CC1)CN2. The van der Waals surface area contributed by atoms with Crippen LogP contribution in [0.3, 0.4) is 0 Å². The number of benzene rings is 1. The number of rotatable bonds is 5. The van der Waals surface area contributed by atoms with Gasteiger partial charge < -0.3 is 19.9 Å². The molecule has 1 atom stereocenters. The Morgan fingerprint density at radius 3 is 2.43 bits per heavy atom. The molecule has 0 spiro atoms. The van der Waals surface area contributed by atoms with E-state index < -0.39 is 17.6 Å². The van der Waals surface area contributed by atoms with Crippen LogP contribution in [0.4, 0.5) is 5.69 Å². The third-order valence-electron chi connectivity index (χ3n) is 6.34. The van der Waals surface area contributed by atoms with Gasteiger partial charge in [-0.15, -0.1) is 0 Å². The highest BCUT2D eigenvalue weighted by molar-refractivity contribution is 6.38. The molecule has 3 aromatic rings. The first-order valence-corrected chi connectivity index (χ1v) is 11.4. The number of piperazine rings is 1. The van der Waals surface area contributed by atoms with Crippen molar-refractivity contribution >= 4 is 23.3 Å². The van der Waals surface area contributed by atoms with Crippen molar-refractivity contribution in [2.75, 3.05) is 45.2 Å². The van der Waals surface area contributed by atoms with E-state index in [2.05, 4.69) is 25.5 Å². The number of aromatic nitrogens is 4. The number of pyridine rings is 1. The highest BCUT2D eigenvalue weighted by Gasteiger charge is 2.40. The monoisotopic (exact) mass is 475 g/mol. The number of carbonyl (C=O) groups excluding carboxylic acids is 3. The fourth-order valence-corrected chi connectivity index (χ4v) is 4.52. The molecule has 35 heavy (non-hydrogen) atoms. The number of hydrogen-bond donors (Lipinski definition) is 2. The van der Waals surface area contributed by atoms with Crippen molar-refractivity contribution in [3.05, 3.63) is 53.5 Å². The summed E-state index contributed by atoms with van der Waals surface area (Å²) < 4.78 is 5.47. The molecule has 0 aliphatic carbocycles. The standard InChI is InChI=1S/C24H25N7O4/c1-14-27-22(29-28-14)20-19-18(17(35-2)13-26-20)16(12-25-19)21(32)24(34)31-10-8-30(9-11-31)23(33)15-6-4-3-5-7-15/h3-7,13,16,25H,8-12H2,1-2H3,(H,27,28,29). The summed E-state index contributed by atoms with van der Waals surface area (Å²) in [5, 5.41) is 10.2. The quantitative estimate of drug-likeness (QED) is 0.527. The molecule has 1 aromatic carbocycles. The molecule has 2 aliphatic rings. The van der Waals surface area contributed by atoms with E-state index in [-0.39, 0.29) is 12.5 Å². The van der Waals surface area contributed by atoms with Crippen LogP contribution in [0.15, 0.2) is 36.5 Å². The predicted octanol–water partition coefficient (Wildman–Crippen LogP) is 1.25. The number of carbonyl (C=O) groups is 3. The van der Waals surface area contributed by atoms with Crippen LogP contribution >= 0.6 is 0 Å². The predicted molar refractivity (Wildman–Crippen MR) is 126 cm³/mol. The Bertz CT molecular complexity index is 1280. The average Bonchev–Trinajstić information content (AvgIpc) is 3.54. The molecule has 11 heteroatoms. The van der Waals surface area contributed by atoms with Gasteiger partial charge in [0, 0.05) is 43.9 Å². The van der Waals surface area contributed by atoms with Crippen LogP contribution in [-0.4, -0.2) is 87.4 Å². The summed E-state index contributed by atoms with van der Waals surface area (Å²) in [6, 6.07) is 9.03. The lowest BCUT2D eigenvalue weighted by Gasteiger charge is -2.34. The second-order valence-corrected chi connectivity index (χ2v) is 8.46. The number of nitrogens with one attached hydrogen (secondary N) is 2. The van der Waals surface area contributed by atoms with Crippen LogP contribution in [0, 0.1) is 6.92 Å². The minimum absolute atomic E-state index is 0.0788. The van der Waals surface area contributed by atoms with E-state index in [9.17, 15) is 14.4 Å². The van der Waals surface area contributed by atoms with E-state index in [1.54, 1.807) is 24.0 Å². The number of Topliss-reactive ketones (excluding diaryl/α,β-unsaturated/α-hetero) is 1. The van der Waals surface area contributed by atoms with Gasteiger partial charge >= 0.3 is 0 Å². The van der Waals surface area contributed by atoms with E-state index in [0.717, 1.165) is 0 Å². The van der Waals surface area contributed by atoms with Gasteiger partial charge in [0.25, 0.3) is 11.8 Å². The molecule has 1 fully saturated rings. The highest BCUT2D eigenvalue weighted by Crippen LogP contribution is 2.43. The zero-order valence-corrected chi connectivity index (χ0v) is 19.4. The summed E-state index contributed by atoms with van der Waals surface area (Å²) in [6.45, 7) is 3.36.